The van der Waals surface area contributed by atoms with E-state index in [1.807, 2.05) is 12.1 Å². The minimum Gasteiger partial charge on any atom is -0.486 e. The molecule has 6 heteroatoms. The molecule has 4 nitrogen and oxygen atoms in total. The van der Waals surface area contributed by atoms with Crippen molar-refractivity contribution < 1.29 is 9.47 Å². The van der Waals surface area contributed by atoms with E-state index in [4.69, 9.17) is 32.7 Å². The summed E-state index contributed by atoms with van der Waals surface area (Å²) in [4.78, 5) is 4.68. The minimum atomic E-state index is 0.580. The van der Waals surface area contributed by atoms with Gasteiger partial charge >= 0.3 is 0 Å². The lowest BCUT2D eigenvalue weighted by molar-refractivity contribution is 0.171. The first-order chi connectivity index (χ1) is 9.78. The lowest BCUT2D eigenvalue weighted by Gasteiger charge is -2.37. The van der Waals surface area contributed by atoms with Gasteiger partial charge in [-0.25, -0.2) is 0 Å². The van der Waals surface area contributed by atoms with E-state index in [9.17, 15) is 0 Å². The molecule has 1 fully saturated rings. The lowest BCUT2D eigenvalue weighted by Crippen LogP contribution is -2.47. The summed E-state index contributed by atoms with van der Waals surface area (Å²) in [6, 6.07) is 3.79. The topological polar surface area (TPSA) is 24.9 Å². The molecule has 0 spiro atoms. The van der Waals surface area contributed by atoms with E-state index in [0.29, 0.717) is 24.1 Å². The Morgan fingerprint density at radius 3 is 2.55 bits per heavy atom. The van der Waals surface area contributed by atoms with Crippen molar-refractivity contribution in [3.8, 4) is 11.5 Å². The molecule has 0 atom stereocenters. The molecular formula is C14H18Cl2N2O2. The third-order valence-corrected chi connectivity index (χ3v) is 4.09. The van der Waals surface area contributed by atoms with Crippen LogP contribution >= 0.6 is 23.2 Å². The van der Waals surface area contributed by atoms with E-state index in [1.54, 1.807) is 0 Å². The molecule has 0 aromatic heterocycles. The van der Waals surface area contributed by atoms with Crippen molar-refractivity contribution in [1.29, 1.82) is 0 Å². The van der Waals surface area contributed by atoms with Gasteiger partial charge in [-0.05, 0) is 6.07 Å². The number of piperazine rings is 1. The molecule has 0 radical (unpaired) electrons. The fraction of sp³-hybridized carbons (Fsp3) is 0.571. The Balaban J connectivity index is 1.79. The quantitative estimate of drug-likeness (QED) is 0.800. The van der Waals surface area contributed by atoms with Crippen molar-refractivity contribution in [3.63, 3.8) is 0 Å². The average Bonchev–Trinajstić information content (AvgIpc) is 2.47. The van der Waals surface area contributed by atoms with Crippen LogP contribution in [-0.4, -0.2) is 56.7 Å². The summed E-state index contributed by atoms with van der Waals surface area (Å²) in [5, 5.41) is 0.687. The molecule has 2 aliphatic heterocycles. The normalized spacial score (nSPS) is 19.2. The van der Waals surface area contributed by atoms with Crippen LogP contribution in [0.3, 0.4) is 0 Å². The Morgan fingerprint density at radius 2 is 1.80 bits per heavy atom. The van der Waals surface area contributed by atoms with Gasteiger partial charge in [-0.2, -0.15) is 0 Å². The second kappa shape index (κ2) is 6.29. The Kier molecular flexibility index (Phi) is 4.44. The van der Waals surface area contributed by atoms with Gasteiger partial charge in [0, 0.05) is 49.7 Å². The second-order valence-corrected chi connectivity index (χ2v) is 5.78. The molecule has 2 heterocycles. The highest BCUT2D eigenvalue weighted by molar-refractivity contribution is 6.31. The van der Waals surface area contributed by atoms with Gasteiger partial charge in [0.15, 0.2) is 11.5 Å². The zero-order valence-electron chi connectivity index (χ0n) is 11.3. The molecule has 1 aromatic rings. The number of hydrogen-bond acceptors (Lipinski definition) is 4. The second-order valence-electron chi connectivity index (χ2n) is 4.97. The molecule has 0 saturated carbocycles. The Morgan fingerprint density at radius 1 is 1.05 bits per heavy atom. The molecule has 2 aliphatic rings. The SMILES string of the molecule is ClCCN1CCN(c2cc(Cl)cc3c2OCCO3)CC1. The molecule has 0 amide bonds. The number of hydrogen-bond donors (Lipinski definition) is 0. The maximum atomic E-state index is 6.19. The van der Waals surface area contributed by atoms with Crippen LogP contribution in [0, 0.1) is 0 Å². The summed E-state index contributed by atoms with van der Waals surface area (Å²) in [5.74, 6) is 2.26. The lowest BCUT2D eigenvalue weighted by atomic mass is 10.2. The highest BCUT2D eigenvalue weighted by atomic mass is 35.5. The monoisotopic (exact) mass is 316 g/mol. The van der Waals surface area contributed by atoms with Gasteiger partial charge in [0.05, 0.1) is 5.69 Å². The van der Waals surface area contributed by atoms with E-state index >= 15 is 0 Å². The van der Waals surface area contributed by atoms with E-state index < -0.39 is 0 Å². The van der Waals surface area contributed by atoms with Crippen molar-refractivity contribution >= 4 is 28.9 Å². The molecule has 0 unspecified atom stereocenters. The van der Waals surface area contributed by atoms with Gasteiger partial charge in [0.25, 0.3) is 0 Å². The first-order valence-corrected chi connectivity index (χ1v) is 7.81. The number of fused-ring (bicyclic) bond motifs is 1. The van der Waals surface area contributed by atoms with Crippen molar-refractivity contribution in [2.75, 3.05) is 56.7 Å². The van der Waals surface area contributed by atoms with Gasteiger partial charge in [0.2, 0.25) is 0 Å². The molecule has 20 heavy (non-hydrogen) atoms. The summed E-state index contributed by atoms with van der Waals surface area (Å²) < 4.78 is 11.4. The highest BCUT2D eigenvalue weighted by Gasteiger charge is 2.24. The standard InChI is InChI=1S/C14H18Cl2N2O2/c15-1-2-17-3-5-18(6-4-17)12-9-11(16)10-13-14(12)20-8-7-19-13/h9-10H,1-8H2. The Hall–Kier alpha value is -0.840. The van der Waals surface area contributed by atoms with Crippen LogP contribution in [0.2, 0.25) is 5.02 Å². The van der Waals surface area contributed by atoms with Gasteiger partial charge < -0.3 is 14.4 Å². The first kappa shape index (κ1) is 14.1. The maximum Gasteiger partial charge on any atom is 0.184 e. The highest BCUT2D eigenvalue weighted by Crippen LogP contribution is 2.42. The zero-order valence-corrected chi connectivity index (χ0v) is 12.8. The zero-order chi connectivity index (χ0) is 13.9. The summed E-state index contributed by atoms with van der Waals surface area (Å²) >= 11 is 12.0. The number of alkyl halides is 1. The summed E-state index contributed by atoms with van der Waals surface area (Å²) in [7, 11) is 0. The van der Waals surface area contributed by atoms with Crippen molar-refractivity contribution in [1.82, 2.24) is 4.90 Å². The molecule has 0 aliphatic carbocycles. The number of ether oxygens (including phenoxy) is 2. The van der Waals surface area contributed by atoms with Gasteiger partial charge in [0.1, 0.15) is 13.2 Å². The molecule has 110 valence electrons. The molecule has 1 aromatic carbocycles. The minimum absolute atomic E-state index is 0.580. The number of anilines is 1. The molecule has 0 N–H and O–H groups in total. The summed E-state index contributed by atoms with van der Waals surface area (Å²) in [6.45, 7) is 6.04. The number of benzene rings is 1. The number of halogens is 2. The summed E-state index contributed by atoms with van der Waals surface area (Å²) in [6.07, 6.45) is 0. The fourth-order valence-corrected chi connectivity index (χ4v) is 3.11. The van der Waals surface area contributed by atoms with Crippen LogP contribution in [0.15, 0.2) is 12.1 Å². The molecule has 1 saturated heterocycles. The molecule has 3 rings (SSSR count). The maximum absolute atomic E-state index is 6.19. The largest absolute Gasteiger partial charge is 0.486 e. The average molecular weight is 317 g/mol. The van der Waals surface area contributed by atoms with E-state index in [1.165, 1.54) is 0 Å². The smallest absolute Gasteiger partial charge is 0.184 e. The van der Waals surface area contributed by atoms with E-state index in [-0.39, 0.29) is 0 Å². The third-order valence-electron chi connectivity index (χ3n) is 3.70. The van der Waals surface area contributed by atoms with Crippen LogP contribution < -0.4 is 14.4 Å². The van der Waals surface area contributed by atoms with Gasteiger partial charge in [-0.15, -0.1) is 11.6 Å². The third kappa shape index (κ3) is 2.92. The van der Waals surface area contributed by atoms with Crippen LogP contribution in [0.4, 0.5) is 5.69 Å². The van der Waals surface area contributed by atoms with Crippen molar-refractivity contribution in [2.24, 2.45) is 0 Å². The molecular weight excluding hydrogens is 299 g/mol. The van der Waals surface area contributed by atoms with Gasteiger partial charge in [-0.3, -0.25) is 4.90 Å². The van der Waals surface area contributed by atoms with Crippen molar-refractivity contribution in [3.05, 3.63) is 17.2 Å². The van der Waals surface area contributed by atoms with Crippen LogP contribution in [0.1, 0.15) is 0 Å². The van der Waals surface area contributed by atoms with Crippen molar-refractivity contribution in [2.45, 2.75) is 0 Å². The van der Waals surface area contributed by atoms with Gasteiger partial charge in [-0.1, -0.05) is 11.6 Å². The first-order valence-electron chi connectivity index (χ1n) is 6.90. The summed E-state index contributed by atoms with van der Waals surface area (Å²) in [5.41, 5.74) is 1.04. The molecule has 0 bridgehead atoms. The Bertz CT molecular complexity index is 476. The predicted molar refractivity (Wildman–Crippen MR) is 81.8 cm³/mol. The van der Waals surface area contributed by atoms with Crippen LogP contribution in [0.25, 0.3) is 0 Å². The van der Waals surface area contributed by atoms with E-state index in [0.717, 1.165) is 49.9 Å². The fourth-order valence-electron chi connectivity index (χ4n) is 2.67. The van der Waals surface area contributed by atoms with Crippen LogP contribution in [-0.2, 0) is 0 Å². The Labute approximate surface area is 129 Å². The van der Waals surface area contributed by atoms with E-state index in [2.05, 4.69) is 9.80 Å². The number of nitrogens with zero attached hydrogens (tertiary/aromatic N) is 2. The number of rotatable bonds is 3. The predicted octanol–water partition coefficient (Wildman–Crippen LogP) is 2.47. The van der Waals surface area contributed by atoms with Crippen LogP contribution in [0.5, 0.6) is 11.5 Å².